The van der Waals surface area contributed by atoms with Crippen molar-refractivity contribution in [1.82, 2.24) is 20.4 Å². The van der Waals surface area contributed by atoms with E-state index in [1.165, 1.54) is 18.5 Å². The van der Waals surface area contributed by atoms with E-state index in [1.807, 2.05) is 52.8 Å². The summed E-state index contributed by atoms with van der Waals surface area (Å²) >= 11 is 0. The van der Waals surface area contributed by atoms with Gasteiger partial charge in [-0.15, -0.1) is 0 Å². The maximum atomic E-state index is 4.09. The predicted molar refractivity (Wildman–Crippen MR) is 93.9 cm³/mol. The van der Waals surface area contributed by atoms with E-state index in [1.54, 1.807) is 0 Å². The fourth-order valence-electron chi connectivity index (χ4n) is 1.87. The molecule has 1 saturated heterocycles. The first-order valence-electron chi connectivity index (χ1n) is 8.06. The molecule has 0 radical (unpaired) electrons. The van der Waals surface area contributed by atoms with E-state index in [4.69, 9.17) is 0 Å². The first-order valence-corrected chi connectivity index (χ1v) is 8.06. The molecule has 0 aliphatic carbocycles. The van der Waals surface area contributed by atoms with Gasteiger partial charge in [0, 0.05) is 37.3 Å². The van der Waals surface area contributed by atoms with E-state index in [9.17, 15) is 0 Å². The monoisotopic (exact) mass is 292 g/mol. The zero-order valence-corrected chi connectivity index (χ0v) is 14.5. The Morgan fingerprint density at radius 2 is 1.57 bits per heavy atom. The highest BCUT2D eigenvalue weighted by atomic mass is 15.2. The average molecular weight is 292 g/mol. The molecule has 0 saturated carbocycles. The van der Waals surface area contributed by atoms with Gasteiger partial charge in [-0.1, -0.05) is 45.9 Å². The number of nitrogens with zero attached hydrogens (tertiary/aromatic N) is 2. The summed E-state index contributed by atoms with van der Waals surface area (Å²) in [5.41, 5.74) is 2.18. The van der Waals surface area contributed by atoms with Crippen LogP contribution in [0.5, 0.6) is 0 Å². The minimum absolute atomic E-state index is 1.04. The minimum Gasteiger partial charge on any atom is -0.314 e. The summed E-state index contributed by atoms with van der Waals surface area (Å²) in [4.78, 5) is 2.33. The molecule has 2 N–H and O–H groups in total. The number of rotatable bonds is 0. The standard InChI is InChI=1S/C8H8N2.C5H12N2.2C2H6/c1-6-7-4-2-3-5-8(7)10-9-6;1-7-4-2-6-3-5-7;2*1-2/h2-5H,1H3,(H,9,10);6H,2-5H2,1H3;2*1-2H3. The van der Waals surface area contributed by atoms with Gasteiger partial charge in [0.2, 0.25) is 0 Å². The van der Waals surface area contributed by atoms with Crippen molar-refractivity contribution < 1.29 is 0 Å². The van der Waals surface area contributed by atoms with E-state index in [2.05, 4.69) is 33.5 Å². The first kappa shape index (κ1) is 19.6. The van der Waals surface area contributed by atoms with Gasteiger partial charge in [0.15, 0.2) is 0 Å². The van der Waals surface area contributed by atoms with E-state index < -0.39 is 0 Å². The van der Waals surface area contributed by atoms with Crippen molar-refractivity contribution in [3.8, 4) is 0 Å². The predicted octanol–water partition coefficient (Wildman–Crippen LogP) is 3.45. The quantitative estimate of drug-likeness (QED) is 0.781. The Morgan fingerprint density at radius 1 is 1.00 bits per heavy atom. The lowest BCUT2D eigenvalue weighted by atomic mass is 10.2. The van der Waals surface area contributed by atoms with Gasteiger partial charge in [0.25, 0.3) is 0 Å². The molecule has 120 valence electrons. The number of likely N-dealkylation sites (N-methyl/N-ethyl adjacent to an activating group) is 1. The SMILES string of the molecule is CC.CC.CN1CCNCC1.Cc1[nH]nc2ccccc12. The van der Waals surface area contributed by atoms with Gasteiger partial charge >= 0.3 is 0 Å². The summed E-state index contributed by atoms with van der Waals surface area (Å²) in [5.74, 6) is 0. The highest BCUT2D eigenvalue weighted by Gasteiger charge is 2.01. The van der Waals surface area contributed by atoms with Crippen LogP contribution in [0, 0.1) is 6.92 Å². The molecule has 0 amide bonds. The van der Waals surface area contributed by atoms with Crippen LogP contribution in [0.2, 0.25) is 0 Å². The molecule has 0 atom stereocenters. The van der Waals surface area contributed by atoms with E-state index in [-0.39, 0.29) is 0 Å². The molecular formula is C17H32N4. The Kier molecular flexibility index (Phi) is 11.5. The molecule has 4 heteroatoms. The van der Waals surface area contributed by atoms with E-state index in [0.29, 0.717) is 0 Å². The molecule has 1 fully saturated rings. The minimum atomic E-state index is 1.04. The Morgan fingerprint density at radius 3 is 2.05 bits per heavy atom. The molecule has 3 rings (SSSR count). The van der Waals surface area contributed by atoms with Crippen molar-refractivity contribution in [3.05, 3.63) is 30.0 Å². The lowest BCUT2D eigenvalue weighted by Crippen LogP contribution is -2.40. The van der Waals surface area contributed by atoms with Crippen LogP contribution in [-0.2, 0) is 0 Å². The number of aromatic nitrogens is 2. The molecule has 1 aromatic carbocycles. The zero-order chi connectivity index (χ0) is 16.1. The van der Waals surface area contributed by atoms with Crippen LogP contribution in [0.3, 0.4) is 0 Å². The van der Waals surface area contributed by atoms with E-state index in [0.717, 1.165) is 24.3 Å². The Balaban J connectivity index is 0.000000321. The summed E-state index contributed by atoms with van der Waals surface area (Å²) in [6, 6.07) is 8.07. The van der Waals surface area contributed by atoms with Gasteiger partial charge in [-0.25, -0.2) is 0 Å². The lowest BCUT2D eigenvalue weighted by Gasteiger charge is -2.21. The Labute approximate surface area is 129 Å². The van der Waals surface area contributed by atoms with Crippen LogP contribution in [-0.4, -0.2) is 48.3 Å². The normalized spacial score (nSPS) is 14.0. The van der Waals surface area contributed by atoms with Gasteiger partial charge in [0.1, 0.15) is 0 Å². The van der Waals surface area contributed by atoms with Crippen molar-refractivity contribution >= 4 is 10.9 Å². The van der Waals surface area contributed by atoms with Crippen molar-refractivity contribution in [2.75, 3.05) is 33.2 Å². The fourth-order valence-corrected chi connectivity index (χ4v) is 1.87. The molecule has 0 spiro atoms. The second-order valence-electron chi connectivity index (χ2n) is 4.42. The average Bonchev–Trinajstić information content (AvgIpc) is 2.95. The third-order valence-electron chi connectivity index (χ3n) is 2.99. The van der Waals surface area contributed by atoms with Crippen LogP contribution < -0.4 is 5.32 Å². The van der Waals surface area contributed by atoms with Gasteiger partial charge in [-0.05, 0) is 20.0 Å². The molecule has 1 aromatic heterocycles. The third-order valence-corrected chi connectivity index (χ3v) is 2.99. The molecule has 21 heavy (non-hydrogen) atoms. The van der Waals surface area contributed by atoms with Gasteiger partial charge in [0.05, 0.1) is 5.52 Å². The number of H-pyrrole nitrogens is 1. The number of aromatic amines is 1. The summed E-state index contributed by atoms with van der Waals surface area (Å²) in [6.07, 6.45) is 0. The number of para-hydroxylation sites is 1. The summed E-state index contributed by atoms with van der Waals surface area (Å²) in [7, 11) is 2.15. The molecule has 0 bridgehead atoms. The molecule has 2 heterocycles. The number of nitrogens with one attached hydrogen (secondary N) is 2. The van der Waals surface area contributed by atoms with Gasteiger partial charge in [-0.2, -0.15) is 5.10 Å². The second kappa shape index (κ2) is 12.4. The number of piperazine rings is 1. The van der Waals surface area contributed by atoms with E-state index >= 15 is 0 Å². The number of benzene rings is 1. The van der Waals surface area contributed by atoms with Crippen molar-refractivity contribution in [1.29, 1.82) is 0 Å². The number of fused-ring (bicyclic) bond motifs is 1. The number of hydrogen-bond acceptors (Lipinski definition) is 3. The van der Waals surface area contributed by atoms with Crippen molar-refractivity contribution in [2.45, 2.75) is 34.6 Å². The largest absolute Gasteiger partial charge is 0.314 e. The Hall–Kier alpha value is -1.39. The van der Waals surface area contributed by atoms with Gasteiger partial charge in [-0.3, -0.25) is 5.10 Å². The smallest absolute Gasteiger partial charge is 0.0923 e. The molecule has 1 aliphatic rings. The topological polar surface area (TPSA) is 44.0 Å². The molecule has 2 aromatic rings. The summed E-state index contributed by atoms with van der Waals surface area (Å²) in [6.45, 7) is 14.8. The maximum Gasteiger partial charge on any atom is 0.0923 e. The molecule has 4 nitrogen and oxygen atoms in total. The van der Waals surface area contributed by atoms with Crippen LogP contribution in [0.1, 0.15) is 33.4 Å². The third kappa shape index (κ3) is 7.25. The van der Waals surface area contributed by atoms with Crippen LogP contribution in [0.15, 0.2) is 24.3 Å². The van der Waals surface area contributed by atoms with Gasteiger partial charge < -0.3 is 10.2 Å². The highest BCUT2D eigenvalue weighted by Crippen LogP contribution is 2.12. The van der Waals surface area contributed by atoms with Crippen LogP contribution in [0.4, 0.5) is 0 Å². The van der Waals surface area contributed by atoms with Crippen LogP contribution in [0.25, 0.3) is 10.9 Å². The lowest BCUT2D eigenvalue weighted by molar-refractivity contribution is 0.291. The summed E-state index contributed by atoms with van der Waals surface area (Å²) in [5, 5.41) is 11.5. The summed E-state index contributed by atoms with van der Waals surface area (Å²) < 4.78 is 0. The van der Waals surface area contributed by atoms with Crippen molar-refractivity contribution in [3.63, 3.8) is 0 Å². The molecular weight excluding hydrogens is 260 g/mol. The first-order chi connectivity index (χ1) is 10.3. The highest BCUT2D eigenvalue weighted by molar-refractivity contribution is 5.80. The van der Waals surface area contributed by atoms with Crippen LogP contribution >= 0.6 is 0 Å². The fraction of sp³-hybridized carbons (Fsp3) is 0.588. The molecule has 1 aliphatic heterocycles. The van der Waals surface area contributed by atoms with Crippen molar-refractivity contribution in [2.24, 2.45) is 0 Å². The number of aryl methyl sites for hydroxylation is 1. The number of hydrogen-bond donors (Lipinski definition) is 2. The molecule has 0 unspecified atom stereocenters. The second-order valence-corrected chi connectivity index (χ2v) is 4.42. The zero-order valence-electron chi connectivity index (χ0n) is 14.5. The Bertz CT molecular complexity index is 459. The maximum absolute atomic E-state index is 4.09.